The Labute approximate surface area is 117 Å². The minimum Gasteiger partial charge on any atom is -0.378 e. The Morgan fingerprint density at radius 1 is 1.32 bits per heavy atom. The van der Waals surface area contributed by atoms with Crippen LogP contribution in [0.2, 0.25) is 0 Å². The van der Waals surface area contributed by atoms with Crippen molar-refractivity contribution in [3.05, 3.63) is 57.6 Å². The van der Waals surface area contributed by atoms with Crippen LogP contribution in [0.3, 0.4) is 0 Å². The number of fused-ring (bicyclic) bond motifs is 1. The molecule has 2 aromatic rings. The Morgan fingerprint density at radius 2 is 2.00 bits per heavy atom. The molecule has 3 nitrogen and oxygen atoms in total. The van der Waals surface area contributed by atoms with Gasteiger partial charge in [0, 0.05) is 18.7 Å². The molecule has 1 aromatic carbocycles. The van der Waals surface area contributed by atoms with Gasteiger partial charge in [0.25, 0.3) is 0 Å². The van der Waals surface area contributed by atoms with Crippen LogP contribution in [0.25, 0.3) is 0 Å². The molecule has 0 amide bonds. The highest BCUT2D eigenvalue weighted by atomic mass is 32.1. The predicted molar refractivity (Wildman–Crippen MR) is 76.7 cm³/mol. The van der Waals surface area contributed by atoms with E-state index in [-0.39, 0.29) is 0 Å². The zero-order chi connectivity index (χ0) is 13.2. The highest BCUT2D eigenvalue weighted by Gasteiger charge is 2.24. The molecule has 0 bridgehead atoms. The minimum absolute atomic E-state index is 0.399. The summed E-state index contributed by atoms with van der Waals surface area (Å²) in [5.74, 6) is 1.38. The average molecular weight is 272 g/mol. The average Bonchev–Trinajstić information content (AvgIpc) is 2.82. The summed E-state index contributed by atoms with van der Waals surface area (Å²) in [6, 6.07) is 10.5. The van der Waals surface area contributed by atoms with Crippen molar-refractivity contribution in [2.75, 3.05) is 7.11 Å². The first-order chi connectivity index (χ1) is 9.26. The molecule has 0 saturated heterocycles. The molecule has 0 spiro atoms. The fourth-order valence-corrected chi connectivity index (χ4v) is 2.95. The van der Waals surface area contributed by atoms with Gasteiger partial charge in [-0.3, -0.25) is 0 Å². The summed E-state index contributed by atoms with van der Waals surface area (Å²) in [5.41, 5.74) is 3.84. The van der Waals surface area contributed by atoms with E-state index in [0.29, 0.717) is 17.2 Å². The van der Waals surface area contributed by atoms with Gasteiger partial charge in [-0.1, -0.05) is 36.5 Å². The molecule has 0 fully saturated rings. The fourth-order valence-electron chi connectivity index (χ4n) is 2.71. The molecule has 0 atom stereocenters. The molecule has 1 aromatic heterocycles. The normalized spacial score (nSPS) is 14.6. The Kier molecular flexibility index (Phi) is 3.44. The molecule has 0 saturated carbocycles. The number of nitrogens with zero attached hydrogens (tertiary/aromatic N) is 1. The number of hydrogen-bond acceptors (Lipinski definition) is 3. The van der Waals surface area contributed by atoms with Crippen molar-refractivity contribution in [2.45, 2.75) is 25.4 Å². The van der Waals surface area contributed by atoms with Gasteiger partial charge in [-0.15, -0.1) is 0 Å². The lowest BCUT2D eigenvalue weighted by Crippen LogP contribution is -2.07. The lowest BCUT2D eigenvalue weighted by atomic mass is 10.1. The van der Waals surface area contributed by atoms with Crippen molar-refractivity contribution in [1.82, 2.24) is 9.97 Å². The highest BCUT2D eigenvalue weighted by Crippen LogP contribution is 2.32. The summed E-state index contributed by atoms with van der Waals surface area (Å²) >= 11 is 5.24. The topological polar surface area (TPSA) is 37.9 Å². The molecule has 0 aliphatic heterocycles. The maximum Gasteiger partial charge on any atom is 0.130 e. The van der Waals surface area contributed by atoms with Gasteiger partial charge in [0.1, 0.15) is 10.5 Å². The molecule has 19 heavy (non-hydrogen) atoms. The van der Waals surface area contributed by atoms with Gasteiger partial charge in [-0.2, -0.15) is 0 Å². The van der Waals surface area contributed by atoms with Crippen molar-refractivity contribution in [2.24, 2.45) is 0 Å². The van der Waals surface area contributed by atoms with E-state index in [1.807, 2.05) is 6.07 Å². The van der Waals surface area contributed by atoms with Gasteiger partial charge in [0.05, 0.1) is 6.61 Å². The second kappa shape index (κ2) is 5.23. The Hall–Kier alpha value is -1.52. The third kappa shape index (κ3) is 2.60. The standard InChI is InChI=1S/C15H16N2OS/c1-18-9-13-8-14(19)17-15(16-13)12-6-10-4-2-3-5-11(10)7-12/h2-5,8,12H,6-7,9H2,1H3,(H,16,17,19). The number of rotatable bonds is 3. The van der Waals surface area contributed by atoms with E-state index in [4.69, 9.17) is 17.0 Å². The first-order valence-corrected chi connectivity index (χ1v) is 6.83. The monoisotopic (exact) mass is 272 g/mol. The number of aromatic amines is 1. The molecule has 1 aliphatic rings. The SMILES string of the molecule is COCc1cc(=S)nc(C2Cc3ccccc3C2)[nH]1. The molecule has 1 aliphatic carbocycles. The maximum atomic E-state index is 5.24. The first-order valence-electron chi connectivity index (χ1n) is 6.42. The molecule has 4 heteroatoms. The van der Waals surface area contributed by atoms with Gasteiger partial charge in [0.15, 0.2) is 0 Å². The van der Waals surface area contributed by atoms with Crippen LogP contribution in [-0.2, 0) is 24.2 Å². The van der Waals surface area contributed by atoms with Crippen molar-refractivity contribution >= 4 is 12.2 Å². The lowest BCUT2D eigenvalue weighted by molar-refractivity contribution is 0.181. The summed E-state index contributed by atoms with van der Waals surface area (Å²) in [5, 5.41) is 0. The second-order valence-corrected chi connectivity index (χ2v) is 5.36. The number of hydrogen-bond donors (Lipinski definition) is 1. The summed E-state index contributed by atoms with van der Waals surface area (Å²) < 4.78 is 5.79. The number of ether oxygens (including phenoxy) is 1. The largest absolute Gasteiger partial charge is 0.378 e. The molecule has 0 unspecified atom stereocenters. The molecule has 98 valence electrons. The quantitative estimate of drug-likeness (QED) is 0.872. The van der Waals surface area contributed by atoms with Crippen molar-refractivity contribution < 1.29 is 4.74 Å². The van der Waals surface area contributed by atoms with Crippen LogP contribution in [0.15, 0.2) is 30.3 Å². The van der Waals surface area contributed by atoms with Crippen molar-refractivity contribution in [1.29, 1.82) is 0 Å². The highest BCUT2D eigenvalue weighted by molar-refractivity contribution is 7.71. The lowest BCUT2D eigenvalue weighted by Gasteiger charge is -2.10. The van der Waals surface area contributed by atoms with Crippen LogP contribution in [0.4, 0.5) is 0 Å². The van der Waals surface area contributed by atoms with E-state index in [0.717, 1.165) is 24.4 Å². The zero-order valence-electron chi connectivity index (χ0n) is 10.8. The van der Waals surface area contributed by atoms with E-state index < -0.39 is 0 Å². The summed E-state index contributed by atoms with van der Waals surface area (Å²) in [4.78, 5) is 7.85. The van der Waals surface area contributed by atoms with Crippen LogP contribution in [0.5, 0.6) is 0 Å². The van der Waals surface area contributed by atoms with Gasteiger partial charge < -0.3 is 9.72 Å². The van der Waals surface area contributed by atoms with Gasteiger partial charge in [-0.05, 0) is 30.0 Å². The van der Waals surface area contributed by atoms with Crippen LogP contribution >= 0.6 is 12.2 Å². The molecule has 0 radical (unpaired) electrons. The number of methoxy groups -OCH3 is 1. The number of benzene rings is 1. The van der Waals surface area contributed by atoms with E-state index >= 15 is 0 Å². The third-order valence-corrected chi connectivity index (χ3v) is 3.76. The zero-order valence-corrected chi connectivity index (χ0v) is 11.7. The van der Waals surface area contributed by atoms with E-state index in [1.54, 1.807) is 7.11 Å². The Morgan fingerprint density at radius 3 is 2.63 bits per heavy atom. The minimum atomic E-state index is 0.399. The molecular weight excluding hydrogens is 256 g/mol. The maximum absolute atomic E-state index is 5.24. The van der Waals surface area contributed by atoms with Crippen LogP contribution < -0.4 is 0 Å². The fraction of sp³-hybridized carbons (Fsp3) is 0.333. The molecular formula is C15H16N2OS. The van der Waals surface area contributed by atoms with E-state index in [2.05, 4.69) is 34.2 Å². The van der Waals surface area contributed by atoms with Gasteiger partial charge in [-0.25, -0.2) is 4.98 Å². The number of H-pyrrole nitrogens is 1. The van der Waals surface area contributed by atoms with Crippen LogP contribution in [-0.4, -0.2) is 17.1 Å². The predicted octanol–water partition coefficient (Wildman–Crippen LogP) is 3.17. The van der Waals surface area contributed by atoms with Gasteiger partial charge in [0.2, 0.25) is 0 Å². The van der Waals surface area contributed by atoms with E-state index in [1.165, 1.54) is 11.1 Å². The Bertz CT molecular complexity index is 626. The summed E-state index contributed by atoms with van der Waals surface area (Å²) in [6.07, 6.45) is 2.07. The van der Waals surface area contributed by atoms with Gasteiger partial charge >= 0.3 is 0 Å². The van der Waals surface area contributed by atoms with Crippen LogP contribution in [0, 0.1) is 4.64 Å². The number of nitrogens with one attached hydrogen (secondary N) is 1. The number of aromatic nitrogens is 2. The Balaban J connectivity index is 1.90. The first kappa shape index (κ1) is 12.5. The molecule has 1 heterocycles. The molecule has 1 N–H and O–H groups in total. The van der Waals surface area contributed by atoms with E-state index in [9.17, 15) is 0 Å². The second-order valence-electron chi connectivity index (χ2n) is 4.94. The summed E-state index contributed by atoms with van der Waals surface area (Å²) in [6.45, 7) is 0.541. The van der Waals surface area contributed by atoms with Crippen LogP contribution in [0.1, 0.15) is 28.6 Å². The van der Waals surface area contributed by atoms with Crippen molar-refractivity contribution in [3.63, 3.8) is 0 Å². The smallest absolute Gasteiger partial charge is 0.130 e. The summed E-state index contributed by atoms with van der Waals surface area (Å²) in [7, 11) is 1.68. The van der Waals surface area contributed by atoms with Crippen molar-refractivity contribution in [3.8, 4) is 0 Å². The third-order valence-electron chi connectivity index (χ3n) is 3.55. The molecule has 3 rings (SSSR count).